The summed E-state index contributed by atoms with van der Waals surface area (Å²) < 4.78 is 40.6. The van der Waals surface area contributed by atoms with Gasteiger partial charge in [0.2, 0.25) is 0 Å². The van der Waals surface area contributed by atoms with Gasteiger partial charge in [0.05, 0.1) is 0 Å². The van der Waals surface area contributed by atoms with Gasteiger partial charge in [-0.05, 0) is 36.5 Å². The van der Waals surface area contributed by atoms with Crippen LogP contribution in [0.15, 0.2) is 24.3 Å². The van der Waals surface area contributed by atoms with Crippen molar-refractivity contribution in [2.24, 2.45) is 11.7 Å². The molecule has 0 aromatic heterocycles. The number of halogens is 3. The van der Waals surface area contributed by atoms with Crippen molar-refractivity contribution < 1.29 is 17.9 Å². The molecule has 2 N–H and O–H groups in total. The van der Waals surface area contributed by atoms with Gasteiger partial charge in [0.25, 0.3) is 0 Å². The van der Waals surface area contributed by atoms with E-state index in [1.54, 1.807) is 12.1 Å². The number of hydrogen-bond donors (Lipinski definition) is 1. The van der Waals surface area contributed by atoms with Gasteiger partial charge in [-0.2, -0.15) is 0 Å². The molecule has 0 aliphatic heterocycles. The smallest absolute Gasteiger partial charge is 0.406 e. The normalized spacial score (nSPS) is 28.2. The molecule has 0 radical (unpaired) electrons. The van der Waals surface area contributed by atoms with Gasteiger partial charge in [-0.3, -0.25) is 0 Å². The molecule has 1 fully saturated rings. The fourth-order valence-corrected chi connectivity index (χ4v) is 2.86. The highest BCUT2D eigenvalue weighted by Crippen LogP contribution is 2.39. The van der Waals surface area contributed by atoms with Crippen LogP contribution in [-0.2, 0) is 5.54 Å². The predicted molar refractivity (Wildman–Crippen MR) is 66.6 cm³/mol. The summed E-state index contributed by atoms with van der Waals surface area (Å²) in [6, 6.07) is 6.05. The summed E-state index contributed by atoms with van der Waals surface area (Å²) >= 11 is 0. The van der Waals surface area contributed by atoms with Crippen molar-refractivity contribution in [1.29, 1.82) is 0 Å². The monoisotopic (exact) mass is 273 g/mol. The van der Waals surface area contributed by atoms with Gasteiger partial charge in [0.1, 0.15) is 5.75 Å². The van der Waals surface area contributed by atoms with E-state index in [-0.39, 0.29) is 5.75 Å². The summed E-state index contributed by atoms with van der Waals surface area (Å²) in [5.41, 5.74) is 6.55. The van der Waals surface area contributed by atoms with Crippen LogP contribution in [0, 0.1) is 5.92 Å². The summed E-state index contributed by atoms with van der Waals surface area (Å²) in [5, 5.41) is 0. The van der Waals surface area contributed by atoms with Crippen LogP contribution >= 0.6 is 0 Å². The Morgan fingerprint density at radius 1 is 1.37 bits per heavy atom. The van der Waals surface area contributed by atoms with Gasteiger partial charge in [-0.25, -0.2) is 0 Å². The second kappa shape index (κ2) is 5.04. The molecule has 1 saturated carbocycles. The minimum atomic E-state index is -4.67. The third-order valence-electron chi connectivity index (χ3n) is 3.68. The largest absolute Gasteiger partial charge is 0.573 e. The SMILES string of the molecule is CC1CCCC(N)(c2cccc(OC(F)(F)F)c2)C1. The van der Waals surface area contributed by atoms with Crippen molar-refractivity contribution >= 4 is 0 Å². The third kappa shape index (κ3) is 3.62. The summed E-state index contributed by atoms with van der Waals surface area (Å²) in [6.45, 7) is 2.12. The molecule has 5 heteroatoms. The Labute approximate surface area is 110 Å². The van der Waals surface area contributed by atoms with Crippen molar-refractivity contribution in [3.8, 4) is 5.75 Å². The molecule has 19 heavy (non-hydrogen) atoms. The fraction of sp³-hybridized carbons (Fsp3) is 0.571. The number of rotatable bonds is 2. The molecule has 0 bridgehead atoms. The molecule has 1 aliphatic carbocycles. The first-order valence-corrected chi connectivity index (χ1v) is 6.44. The minimum absolute atomic E-state index is 0.201. The molecule has 0 amide bonds. The average molecular weight is 273 g/mol. The first kappa shape index (κ1) is 14.2. The molecule has 2 unspecified atom stereocenters. The third-order valence-corrected chi connectivity index (χ3v) is 3.68. The average Bonchev–Trinajstić information content (AvgIpc) is 2.26. The van der Waals surface area contributed by atoms with E-state index < -0.39 is 11.9 Å². The zero-order chi connectivity index (χ0) is 14.1. The summed E-state index contributed by atoms with van der Waals surface area (Å²) in [4.78, 5) is 0. The molecular weight excluding hydrogens is 255 g/mol. The first-order chi connectivity index (χ1) is 8.78. The molecular formula is C14H18F3NO. The maximum atomic E-state index is 12.2. The molecule has 2 nitrogen and oxygen atoms in total. The molecule has 2 rings (SSSR count). The van der Waals surface area contributed by atoms with E-state index in [1.165, 1.54) is 12.1 Å². The topological polar surface area (TPSA) is 35.2 Å². The van der Waals surface area contributed by atoms with Crippen LogP contribution in [0.5, 0.6) is 5.75 Å². The molecule has 1 aromatic rings. The van der Waals surface area contributed by atoms with E-state index in [4.69, 9.17) is 5.73 Å². The Hall–Kier alpha value is -1.23. The number of alkyl halides is 3. The maximum absolute atomic E-state index is 12.2. The van der Waals surface area contributed by atoms with E-state index in [0.717, 1.165) is 31.2 Å². The van der Waals surface area contributed by atoms with Crippen LogP contribution in [0.3, 0.4) is 0 Å². The lowest BCUT2D eigenvalue weighted by molar-refractivity contribution is -0.274. The Morgan fingerprint density at radius 3 is 2.74 bits per heavy atom. The number of hydrogen-bond acceptors (Lipinski definition) is 2. The minimum Gasteiger partial charge on any atom is -0.406 e. The maximum Gasteiger partial charge on any atom is 0.573 e. The highest BCUT2D eigenvalue weighted by atomic mass is 19.4. The Balaban J connectivity index is 2.22. The molecule has 0 saturated heterocycles. The van der Waals surface area contributed by atoms with Crippen LogP contribution in [0.25, 0.3) is 0 Å². The second-order valence-corrected chi connectivity index (χ2v) is 5.43. The zero-order valence-electron chi connectivity index (χ0n) is 10.8. The molecule has 2 atom stereocenters. The van der Waals surface area contributed by atoms with Crippen LogP contribution in [-0.4, -0.2) is 6.36 Å². The van der Waals surface area contributed by atoms with Gasteiger partial charge in [-0.1, -0.05) is 31.9 Å². The van der Waals surface area contributed by atoms with Gasteiger partial charge >= 0.3 is 6.36 Å². The highest BCUT2D eigenvalue weighted by Gasteiger charge is 2.34. The fourth-order valence-electron chi connectivity index (χ4n) is 2.86. The summed E-state index contributed by atoms with van der Waals surface area (Å²) in [6.07, 6.45) is -0.949. The van der Waals surface area contributed by atoms with Gasteiger partial charge in [0, 0.05) is 5.54 Å². The van der Waals surface area contributed by atoms with Crippen LogP contribution in [0.2, 0.25) is 0 Å². The predicted octanol–water partition coefficient (Wildman–Crippen LogP) is 3.95. The molecule has 1 aliphatic rings. The van der Waals surface area contributed by atoms with Gasteiger partial charge in [-0.15, -0.1) is 13.2 Å². The second-order valence-electron chi connectivity index (χ2n) is 5.43. The quantitative estimate of drug-likeness (QED) is 0.885. The standard InChI is InChI=1S/C14H18F3NO/c1-10-4-3-7-13(18,9-10)11-5-2-6-12(8-11)19-14(15,16)17/h2,5-6,8,10H,3-4,7,9,18H2,1H3. The van der Waals surface area contributed by atoms with Gasteiger partial charge in [0.15, 0.2) is 0 Å². The molecule has 1 aromatic carbocycles. The highest BCUT2D eigenvalue weighted by molar-refractivity contribution is 5.33. The number of nitrogens with two attached hydrogens (primary N) is 1. The number of benzene rings is 1. The van der Waals surface area contributed by atoms with E-state index in [1.807, 2.05) is 0 Å². The summed E-state index contributed by atoms with van der Waals surface area (Å²) in [7, 11) is 0. The van der Waals surface area contributed by atoms with E-state index >= 15 is 0 Å². The van der Waals surface area contributed by atoms with Crippen LogP contribution in [0.1, 0.15) is 38.2 Å². The van der Waals surface area contributed by atoms with E-state index in [9.17, 15) is 13.2 Å². The van der Waals surface area contributed by atoms with Crippen molar-refractivity contribution in [1.82, 2.24) is 0 Å². The van der Waals surface area contributed by atoms with E-state index in [2.05, 4.69) is 11.7 Å². The molecule has 106 valence electrons. The lowest BCUT2D eigenvalue weighted by Gasteiger charge is -2.37. The Bertz CT molecular complexity index is 447. The molecule has 0 heterocycles. The lowest BCUT2D eigenvalue weighted by Crippen LogP contribution is -2.41. The summed E-state index contributed by atoms with van der Waals surface area (Å²) in [5.74, 6) is 0.291. The number of ether oxygens (including phenoxy) is 1. The van der Waals surface area contributed by atoms with Crippen LogP contribution < -0.4 is 10.5 Å². The molecule has 0 spiro atoms. The zero-order valence-corrected chi connectivity index (χ0v) is 10.8. The van der Waals surface area contributed by atoms with Crippen molar-refractivity contribution in [3.63, 3.8) is 0 Å². The van der Waals surface area contributed by atoms with Crippen molar-refractivity contribution in [3.05, 3.63) is 29.8 Å². The Kier molecular flexibility index (Phi) is 3.76. The lowest BCUT2D eigenvalue weighted by atomic mass is 9.73. The van der Waals surface area contributed by atoms with Crippen molar-refractivity contribution in [2.45, 2.75) is 44.5 Å². The Morgan fingerprint density at radius 2 is 2.11 bits per heavy atom. The van der Waals surface area contributed by atoms with E-state index in [0.29, 0.717) is 5.92 Å². The van der Waals surface area contributed by atoms with Gasteiger partial charge < -0.3 is 10.5 Å². The first-order valence-electron chi connectivity index (χ1n) is 6.44. The van der Waals surface area contributed by atoms with Crippen molar-refractivity contribution in [2.75, 3.05) is 0 Å². The van der Waals surface area contributed by atoms with Crippen LogP contribution in [0.4, 0.5) is 13.2 Å².